The number of nitrogens with zero attached hydrogens (tertiary/aromatic N) is 4. The van der Waals surface area contributed by atoms with Crippen molar-refractivity contribution >= 4 is 44.6 Å². The van der Waals surface area contributed by atoms with E-state index in [9.17, 15) is 4.39 Å². The predicted octanol–water partition coefficient (Wildman–Crippen LogP) is 2.96. The van der Waals surface area contributed by atoms with Crippen LogP contribution in [0.1, 0.15) is 0 Å². The molecule has 3 rings (SSSR count). The minimum atomic E-state index is -0.467. The molecule has 0 amide bonds. The van der Waals surface area contributed by atoms with Crippen molar-refractivity contribution in [3.8, 4) is 11.6 Å². The zero-order valence-electron chi connectivity index (χ0n) is 10.6. The molecule has 0 unspecified atom stereocenters. The summed E-state index contributed by atoms with van der Waals surface area (Å²) in [6.45, 7) is 0. The molecule has 0 aliphatic carbocycles. The van der Waals surface area contributed by atoms with Gasteiger partial charge in [-0.3, -0.25) is 4.57 Å². The smallest absolute Gasteiger partial charge is 0.245 e. The van der Waals surface area contributed by atoms with Crippen LogP contribution in [0.3, 0.4) is 0 Å². The first-order chi connectivity index (χ1) is 10.0. The van der Waals surface area contributed by atoms with Crippen molar-refractivity contribution in [1.82, 2.24) is 19.5 Å². The van der Waals surface area contributed by atoms with Crippen LogP contribution in [0.15, 0.2) is 22.9 Å². The first kappa shape index (κ1) is 14.0. The van der Waals surface area contributed by atoms with Crippen LogP contribution < -0.4 is 10.5 Å². The standard InChI is InChI=1S/C12H8BrClFN5O/c1-21-11-8-10(17-4-18-11)20(12(16)19-8)9-6(13)2-5(15)3-7(9)14/h2-4H,1H3,(H2,16,19). The number of hydrogen-bond donors (Lipinski definition) is 1. The maximum absolute atomic E-state index is 13.4. The van der Waals surface area contributed by atoms with Crippen molar-refractivity contribution < 1.29 is 9.13 Å². The average molecular weight is 373 g/mol. The van der Waals surface area contributed by atoms with Gasteiger partial charge in [0.05, 0.1) is 17.8 Å². The van der Waals surface area contributed by atoms with Gasteiger partial charge in [0.1, 0.15) is 12.1 Å². The third-order valence-corrected chi connectivity index (χ3v) is 3.73. The van der Waals surface area contributed by atoms with E-state index in [0.29, 0.717) is 27.2 Å². The van der Waals surface area contributed by atoms with E-state index in [1.165, 1.54) is 30.1 Å². The van der Waals surface area contributed by atoms with Crippen LogP contribution >= 0.6 is 27.5 Å². The maximum atomic E-state index is 13.4. The lowest BCUT2D eigenvalue weighted by molar-refractivity contribution is 0.401. The van der Waals surface area contributed by atoms with E-state index in [0.717, 1.165) is 0 Å². The Morgan fingerprint density at radius 3 is 2.81 bits per heavy atom. The first-order valence-electron chi connectivity index (χ1n) is 5.70. The Morgan fingerprint density at radius 2 is 2.14 bits per heavy atom. The lowest BCUT2D eigenvalue weighted by Crippen LogP contribution is -2.03. The van der Waals surface area contributed by atoms with E-state index >= 15 is 0 Å². The molecule has 2 N–H and O–H groups in total. The molecule has 0 radical (unpaired) electrons. The van der Waals surface area contributed by atoms with Gasteiger partial charge in [0, 0.05) is 4.47 Å². The predicted molar refractivity (Wildman–Crippen MR) is 80.3 cm³/mol. The molecular formula is C12H8BrClFN5O. The Hall–Kier alpha value is -1.93. The van der Waals surface area contributed by atoms with Crippen molar-refractivity contribution in [2.45, 2.75) is 0 Å². The second-order valence-corrected chi connectivity index (χ2v) is 5.34. The van der Waals surface area contributed by atoms with Crippen molar-refractivity contribution in [1.29, 1.82) is 0 Å². The number of ether oxygens (including phenoxy) is 1. The number of halogens is 3. The van der Waals surface area contributed by atoms with Gasteiger partial charge in [-0.25, -0.2) is 14.4 Å². The largest absolute Gasteiger partial charge is 0.479 e. The molecule has 3 aromatic rings. The van der Waals surface area contributed by atoms with Crippen molar-refractivity contribution in [2.24, 2.45) is 0 Å². The molecule has 6 nitrogen and oxygen atoms in total. The highest BCUT2D eigenvalue weighted by atomic mass is 79.9. The number of nitrogens with two attached hydrogens (primary N) is 1. The number of aromatic nitrogens is 4. The summed E-state index contributed by atoms with van der Waals surface area (Å²) in [7, 11) is 1.47. The van der Waals surface area contributed by atoms with Gasteiger partial charge in [0.15, 0.2) is 11.2 Å². The van der Waals surface area contributed by atoms with Gasteiger partial charge in [-0.15, -0.1) is 0 Å². The van der Waals surface area contributed by atoms with E-state index in [1.54, 1.807) is 0 Å². The number of hydrogen-bond acceptors (Lipinski definition) is 5. The Kier molecular flexibility index (Phi) is 3.42. The van der Waals surface area contributed by atoms with Crippen LogP contribution in [-0.4, -0.2) is 26.6 Å². The number of anilines is 1. The third kappa shape index (κ3) is 2.20. The van der Waals surface area contributed by atoms with Crippen LogP contribution in [0, 0.1) is 5.82 Å². The quantitative estimate of drug-likeness (QED) is 0.748. The number of fused-ring (bicyclic) bond motifs is 1. The van der Waals surface area contributed by atoms with Gasteiger partial charge in [-0.1, -0.05) is 11.6 Å². The summed E-state index contributed by atoms with van der Waals surface area (Å²) in [5, 5.41) is 0.172. The lowest BCUT2D eigenvalue weighted by atomic mass is 10.3. The van der Waals surface area contributed by atoms with Crippen LogP contribution in [0.4, 0.5) is 10.3 Å². The highest BCUT2D eigenvalue weighted by Gasteiger charge is 2.20. The fraction of sp³-hybridized carbons (Fsp3) is 0.0833. The maximum Gasteiger partial charge on any atom is 0.245 e. The van der Waals surface area contributed by atoms with E-state index in [-0.39, 0.29) is 11.0 Å². The van der Waals surface area contributed by atoms with Gasteiger partial charge in [0.2, 0.25) is 11.8 Å². The highest BCUT2D eigenvalue weighted by Crippen LogP contribution is 2.35. The van der Waals surface area contributed by atoms with Crippen LogP contribution in [0.25, 0.3) is 16.9 Å². The molecule has 0 aliphatic rings. The Balaban J connectivity index is 2.39. The minimum absolute atomic E-state index is 0.137. The second kappa shape index (κ2) is 5.12. The Bertz CT molecular complexity index is 830. The van der Waals surface area contributed by atoms with Crippen molar-refractivity contribution in [3.05, 3.63) is 33.8 Å². The molecule has 0 bridgehead atoms. The molecule has 2 aromatic heterocycles. The molecule has 21 heavy (non-hydrogen) atoms. The normalized spacial score (nSPS) is 11.0. The molecule has 0 saturated carbocycles. The summed E-state index contributed by atoms with van der Waals surface area (Å²) in [4.78, 5) is 12.3. The van der Waals surface area contributed by atoms with Crippen LogP contribution in [-0.2, 0) is 0 Å². The highest BCUT2D eigenvalue weighted by molar-refractivity contribution is 9.10. The third-order valence-electron chi connectivity index (χ3n) is 2.84. The van der Waals surface area contributed by atoms with Crippen molar-refractivity contribution in [3.63, 3.8) is 0 Å². The number of rotatable bonds is 2. The Labute approximate surface area is 131 Å². The zero-order chi connectivity index (χ0) is 15.1. The van der Waals surface area contributed by atoms with Gasteiger partial charge in [-0.05, 0) is 28.1 Å². The molecule has 9 heteroatoms. The van der Waals surface area contributed by atoms with E-state index in [2.05, 4.69) is 30.9 Å². The van der Waals surface area contributed by atoms with Crippen LogP contribution in [0.5, 0.6) is 5.88 Å². The molecule has 1 aromatic carbocycles. The van der Waals surface area contributed by atoms with Gasteiger partial charge in [0.25, 0.3) is 0 Å². The minimum Gasteiger partial charge on any atom is -0.479 e. The summed E-state index contributed by atoms with van der Waals surface area (Å²) in [6.07, 6.45) is 1.32. The molecule has 0 atom stereocenters. The van der Waals surface area contributed by atoms with Gasteiger partial charge < -0.3 is 10.5 Å². The molecule has 0 fully saturated rings. The molecule has 0 spiro atoms. The van der Waals surface area contributed by atoms with E-state index < -0.39 is 5.82 Å². The summed E-state index contributed by atoms with van der Waals surface area (Å²) in [5.74, 6) is -0.0383. The lowest BCUT2D eigenvalue weighted by Gasteiger charge is -2.10. The first-order valence-corrected chi connectivity index (χ1v) is 6.88. The molecule has 2 heterocycles. The van der Waals surface area contributed by atoms with E-state index in [4.69, 9.17) is 22.1 Å². The topological polar surface area (TPSA) is 78.8 Å². The molecule has 0 aliphatic heterocycles. The Morgan fingerprint density at radius 1 is 1.38 bits per heavy atom. The van der Waals surface area contributed by atoms with Gasteiger partial charge in [-0.2, -0.15) is 4.98 Å². The summed E-state index contributed by atoms with van der Waals surface area (Å²) >= 11 is 9.40. The number of imidazole rings is 1. The summed E-state index contributed by atoms with van der Waals surface area (Å²) < 4.78 is 20.4. The number of nitrogen functional groups attached to an aromatic ring is 1. The SMILES string of the molecule is COc1ncnc2c1nc(N)n2-c1c(Cl)cc(F)cc1Br. The van der Waals surface area contributed by atoms with Gasteiger partial charge >= 0.3 is 0 Å². The number of methoxy groups -OCH3 is 1. The summed E-state index contributed by atoms with van der Waals surface area (Å²) in [6, 6.07) is 2.47. The average Bonchev–Trinajstić information content (AvgIpc) is 2.74. The van der Waals surface area contributed by atoms with E-state index in [1.807, 2.05) is 0 Å². The fourth-order valence-electron chi connectivity index (χ4n) is 2.01. The van der Waals surface area contributed by atoms with Crippen molar-refractivity contribution in [2.75, 3.05) is 12.8 Å². The molecule has 108 valence electrons. The second-order valence-electron chi connectivity index (χ2n) is 4.08. The zero-order valence-corrected chi connectivity index (χ0v) is 13.0. The summed E-state index contributed by atoms with van der Waals surface area (Å²) in [5.41, 5.74) is 7.19. The monoisotopic (exact) mass is 371 g/mol. The number of benzene rings is 1. The fourth-order valence-corrected chi connectivity index (χ4v) is 3.02. The molecule has 0 saturated heterocycles. The van der Waals surface area contributed by atoms with Crippen LogP contribution in [0.2, 0.25) is 5.02 Å². The molecular weight excluding hydrogens is 365 g/mol.